The first kappa shape index (κ1) is 13.0. The van der Waals surface area contributed by atoms with Gasteiger partial charge in [-0.1, -0.05) is 49.7 Å². The Morgan fingerprint density at radius 3 is 2.50 bits per heavy atom. The van der Waals surface area contributed by atoms with E-state index in [2.05, 4.69) is 50.2 Å². The van der Waals surface area contributed by atoms with Crippen LogP contribution in [0.25, 0.3) is 0 Å². The highest BCUT2D eigenvalue weighted by atomic mass is 14.9. The number of benzene rings is 1. The quantitative estimate of drug-likeness (QED) is 0.813. The Balaban J connectivity index is 2.19. The molecule has 2 aromatic rings. The number of hydrogen-bond acceptors (Lipinski definition) is 2. The Labute approximate surface area is 120 Å². The summed E-state index contributed by atoms with van der Waals surface area (Å²) in [6, 6.07) is 14.8. The summed E-state index contributed by atoms with van der Waals surface area (Å²) in [4.78, 5) is 9.79. The fraction of sp³-hybridized carbons (Fsp3) is 0.333. The van der Waals surface area contributed by atoms with Gasteiger partial charge in [0.05, 0.1) is 11.4 Å². The van der Waals surface area contributed by atoms with Crippen molar-refractivity contribution in [2.45, 2.75) is 39.2 Å². The van der Waals surface area contributed by atoms with Gasteiger partial charge in [-0.25, -0.2) is 0 Å². The molecule has 0 fully saturated rings. The Morgan fingerprint density at radius 1 is 1.05 bits per heavy atom. The maximum atomic E-state index is 5.04. The zero-order chi connectivity index (χ0) is 14.2. The van der Waals surface area contributed by atoms with Crippen molar-refractivity contribution in [2.75, 3.05) is 0 Å². The summed E-state index contributed by atoms with van der Waals surface area (Å²) in [5, 5.41) is 0. The van der Waals surface area contributed by atoms with Crippen molar-refractivity contribution < 1.29 is 0 Å². The number of pyridine rings is 1. The fourth-order valence-electron chi connectivity index (χ4n) is 2.95. The highest BCUT2D eigenvalue weighted by molar-refractivity contribution is 6.03. The second-order valence-corrected chi connectivity index (χ2v) is 5.60. The molecule has 1 aromatic carbocycles. The van der Waals surface area contributed by atoms with Gasteiger partial charge in [0, 0.05) is 11.3 Å². The van der Waals surface area contributed by atoms with Crippen LogP contribution in [0, 0.1) is 6.92 Å². The summed E-state index contributed by atoms with van der Waals surface area (Å²) in [5.74, 6) is 0. The SMILES string of the molecule is CCCC1=NC(C)(c2ccccc2)c2ccc(C)nc21. The molecule has 2 nitrogen and oxygen atoms in total. The zero-order valence-corrected chi connectivity index (χ0v) is 12.4. The van der Waals surface area contributed by atoms with Crippen molar-refractivity contribution in [2.24, 2.45) is 4.99 Å². The maximum Gasteiger partial charge on any atom is 0.110 e. The predicted molar refractivity (Wildman–Crippen MR) is 83.3 cm³/mol. The van der Waals surface area contributed by atoms with Gasteiger partial charge in [-0.2, -0.15) is 0 Å². The first-order valence-electron chi connectivity index (χ1n) is 7.28. The molecule has 0 bridgehead atoms. The van der Waals surface area contributed by atoms with Crippen molar-refractivity contribution in [3.63, 3.8) is 0 Å². The number of aromatic nitrogens is 1. The topological polar surface area (TPSA) is 25.2 Å². The van der Waals surface area contributed by atoms with Gasteiger partial charge in [0.1, 0.15) is 5.54 Å². The number of rotatable bonds is 3. The lowest BCUT2D eigenvalue weighted by molar-refractivity contribution is 0.618. The Kier molecular flexibility index (Phi) is 3.17. The lowest BCUT2D eigenvalue weighted by Gasteiger charge is -2.23. The van der Waals surface area contributed by atoms with Crippen LogP contribution in [0.15, 0.2) is 47.5 Å². The van der Waals surface area contributed by atoms with Gasteiger partial charge in [-0.05, 0) is 31.9 Å². The number of fused-ring (bicyclic) bond motifs is 1. The average molecular weight is 264 g/mol. The van der Waals surface area contributed by atoms with Crippen molar-refractivity contribution in [1.29, 1.82) is 0 Å². The van der Waals surface area contributed by atoms with Gasteiger partial charge in [0.2, 0.25) is 0 Å². The molecule has 3 rings (SSSR count). The van der Waals surface area contributed by atoms with Crippen LogP contribution in [0.4, 0.5) is 0 Å². The van der Waals surface area contributed by atoms with Crippen LogP contribution in [0.5, 0.6) is 0 Å². The van der Waals surface area contributed by atoms with E-state index in [4.69, 9.17) is 9.98 Å². The lowest BCUT2D eigenvalue weighted by Crippen LogP contribution is -2.18. The van der Waals surface area contributed by atoms with E-state index in [-0.39, 0.29) is 5.54 Å². The highest BCUT2D eigenvalue weighted by Gasteiger charge is 2.37. The third-order valence-electron chi connectivity index (χ3n) is 4.01. The first-order valence-corrected chi connectivity index (χ1v) is 7.28. The molecule has 0 saturated heterocycles. The number of nitrogens with zero attached hydrogens (tertiary/aromatic N) is 2. The Hall–Kier alpha value is -1.96. The van der Waals surface area contributed by atoms with Gasteiger partial charge in [0.25, 0.3) is 0 Å². The van der Waals surface area contributed by atoms with Crippen LogP contribution in [0.3, 0.4) is 0 Å². The van der Waals surface area contributed by atoms with E-state index in [1.807, 2.05) is 13.0 Å². The van der Waals surface area contributed by atoms with Gasteiger partial charge in [0.15, 0.2) is 0 Å². The molecular formula is C18H20N2. The number of aliphatic imine (C=N–C) groups is 1. The van der Waals surface area contributed by atoms with Crippen molar-refractivity contribution in [1.82, 2.24) is 4.98 Å². The van der Waals surface area contributed by atoms with E-state index < -0.39 is 0 Å². The fourth-order valence-corrected chi connectivity index (χ4v) is 2.95. The number of hydrogen-bond donors (Lipinski definition) is 0. The molecule has 20 heavy (non-hydrogen) atoms. The van der Waals surface area contributed by atoms with Crippen molar-refractivity contribution in [3.05, 3.63) is 65.0 Å². The molecule has 0 N–H and O–H groups in total. The van der Waals surface area contributed by atoms with Gasteiger partial charge in [-0.3, -0.25) is 9.98 Å². The molecule has 0 spiro atoms. The molecule has 0 saturated carbocycles. The Morgan fingerprint density at radius 2 is 1.80 bits per heavy atom. The largest absolute Gasteiger partial charge is 0.271 e. The summed E-state index contributed by atoms with van der Waals surface area (Å²) >= 11 is 0. The van der Waals surface area contributed by atoms with E-state index in [1.54, 1.807) is 0 Å². The molecule has 1 aliphatic rings. The van der Waals surface area contributed by atoms with E-state index in [1.165, 1.54) is 11.1 Å². The summed E-state index contributed by atoms with van der Waals surface area (Å²) < 4.78 is 0. The van der Waals surface area contributed by atoms with Crippen LogP contribution < -0.4 is 0 Å². The minimum atomic E-state index is -0.290. The lowest BCUT2D eigenvalue weighted by atomic mass is 9.86. The van der Waals surface area contributed by atoms with Crippen LogP contribution >= 0.6 is 0 Å². The van der Waals surface area contributed by atoms with Crippen LogP contribution in [0.2, 0.25) is 0 Å². The molecule has 1 atom stereocenters. The molecule has 1 aliphatic heterocycles. The summed E-state index contributed by atoms with van der Waals surface area (Å²) in [6.07, 6.45) is 2.09. The van der Waals surface area contributed by atoms with Crippen LogP contribution in [0.1, 0.15) is 49.2 Å². The minimum Gasteiger partial charge on any atom is -0.271 e. The minimum absolute atomic E-state index is 0.290. The summed E-state index contributed by atoms with van der Waals surface area (Å²) in [5.41, 5.74) is 5.48. The molecular weight excluding hydrogens is 244 g/mol. The van der Waals surface area contributed by atoms with Gasteiger partial charge >= 0.3 is 0 Å². The summed E-state index contributed by atoms with van der Waals surface area (Å²) in [7, 11) is 0. The van der Waals surface area contributed by atoms with E-state index in [0.29, 0.717) is 0 Å². The smallest absolute Gasteiger partial charge is 0.110 e. The molecule has 0 radical (unpaired) electrons. The van der Waals surface area contributed by atoms with Crippen LogP contribution in [-0.2, 0) is 5.54 Å². The van der Waals surface area contributed by atoms with E-state index in [9.17, 15) is 0 Å². The third kappa shape index (κ3) is 1.96. The molecule has 0 aliphatic carbocycles. The average Bonchev–Trinajstić information content (AvgIpc) is 2.74. The number of aryl methyl sites for hydroxylation is 1. The molecule has 2 heterocycles. The summed E-state index contributed by atoms with van der Waals surface area (Å²) in [6.45, 7) is 6.43. The molecule has 0 amide bonds. The highest BCUT2D eigenvalue weighted by Crippen LogP contribution is 2.40. The first-order chi connectivity index (χ1) is 9.65. The van der Waals surface area contributed by atoms with E-state index >= 15 is 0 Å². The molecule has 1 unspecified atom stereocenters. The monoisotopic (exact) mass is 264 g/mol. The zero-order valence-electron chi connectivity index (χ0n) is 12.4. The standard InChI is InChI=1S/C18H20N2/c1-4-8-16-17-15(12-11-13(2)19-17)18(3,20-16)14-9-6-5-7-10-14/h5-7,9-12H,4,8H2,1-3H3. The normalized spacial score (nSPS) is 20.6. The molecule has 102 valence electrons. The second-order valence-electron chi connectivity index (χ2n) is 5.60. The second kappa shape index (κ2) is 4.86. The maximum absolute atomic E-state index is 5.04. The van der Waals surface area contributed by atoms with Gasteiger partial charge < -0.3 is 0 Å². The van der Waals surface area contributed by atoms with Crippen molar-refractivity contribution >= 4 is 5.71 Å². The van der Waals surface area contributed by atoms with Gasteiger partial charge in [-0.15, -0.1) is 0 Å². The predicted octanol–water partition coefficient (Wildman–Crippen LogP) is 4.26. The third-order valence-corrected chi connectivity index (χ3v) is 4.01. The molecule has 1 aromatic heterocycles. The van der Waals surface area contributed by atoms with Crippen LogP contribution in [-0.4, -0.2) is 10.7 Å². The Bertz CT molecular complexity index is 658. The van der Waals surface area contributed by atoms with Crippen molar-refractivity contribution in [3.8, 4) is 0 Å². The van der Waals surface area contributed by atoms with E-state index in [0.717, 1.165) is 29.9 Å². The molecule has 2 heteroatoms.